The van der Waals surface area contributed by atoms with Crippen molar-refractivity contribution in [3.63, 3.8) is 0 Å². The number of hydrogen-bond donors (Lipinski definition) is 3. The summed E-state index contributed by atoms with van der Waals surface area (Å²) in [6.45, 7) is 0.324. The van der Waals surface area contributed by atoms with Gasteiger partial charge in [-0.05, 0) is 5.56 Å². The molecular weight excluding hydrogens is 218 g/mol. The summed E-state index contributed by atoms with van der Waals surface area (Å²) in [4.78, 5) is 22.4. The van der Waals surface area contributed by atoms with Gasteiger partial charge in [-0.25, -0.2) is 0 Å². The Bertz CT molecular complexity index is 542. The van der Waals surface area contributed by atoms with Gasteiger partial charge < -0.3 is 10.4 Å². The zero-order valence-electron chi connectivity index (χ0n) is 9.19. The molecule has 1 amide bonds. The summed E-state index contributed by atoms with van der Waals surface area (Å²) in [5.74, 6) is -0.0711. The van der Waals surface area contributed by atoms with E-state index in [1.165, 1.54) is 6.07 Å². The number of aromatic amines is 2. The Hall–Kier alpha value is -2.30. The molecular formula is C12H13N3O2. The van der Waals surface area contributed by atoms with Crippen LogP contribution in [0.4, 0.5) is 0 Å². The molecule has 0 aliphatic heterocycles. The van der Waals surface area contributed by atoms with Gasteiger partial charge in [-0.2, -0.15) is 0 Å². The van der Waals surface area contributed by atoms with Crippen LogP contribution in [-0.4, -0.2) is 16.1 Å². The molecule has 0 unspecified atom stereocenters. The van der Waals surface area contributed by atoms with E-state index in [0.717, 1.165) is 5.56 Å². The van der Waals surface area contributed by atoms with Crippen molar-refractivity contribution in [3.05, 3.63) is 58.0 Å². The van der Waals surface area contributed by atoms with Crippen molar-refractivity contribution < 1.29 is 4.79 Å². The average molecular weight is 231 g/mol. The standard InChI is InChI=1S/C12H13N3O2/c16-11(6-9-4-2-1-3-5-9)13-8-10-7-12(17)15-14-10/h1-5,7H,6,8H2,(H,13,16)(H2,14,15,17). The van der Waals surface area contributed by atoms with E-state index in [0.29, 0.717) is 18.7 Å². The lowest BCUT2D eigenvalue weighted by Gasteiger charge is -2.03. The van der Waals surface area contributed by atoms with Gasteiger partial charge >= 0.3 is 0 Å². The molecule has 3 N–H and O–H groups in total. The maximum Gasteiger partial charge on any atom is 0.264 e. The molecule has 1 aromatic carbocycles. The highest BCUT2D eigenvalue weighted by Crippen LogP contribution is 1.99. The van der Waals surface area contributed by atoms with E-state index in [1.807, 2.05) is 30.3 Å². The van der Waals surface area contributed by atoms with E-state index in [4.69, 9.17) is 0 Å². The molecule has 2 aromatic rings. The summed E-state index contributed by atoms with van der Waals surface area (Å²) in [7, 11) is 0. The number of hydrogen-bond acceptors (Lipinski definition) is 2. The number of carbonyl (C=O) groups excluding carboxylic acids is 1. The van der Waals surface area contributed by atoms with Crippen LogP contribution in [0.5, 0.6) is 0 Å². The molecule has 2 rings (SSSR count). The Morgan fingerprint density at radius 1 is 1.18 bits per heavy atom. The molecule has 0 saturated heterocycles. The molecule has 5 heteroatoms. The van der Waals surface area contributed by atoms with Crippen LogP contribution >= 0.6 is 0 Å². The first-order chi connectivity index (χ1) is 8.24. The molecule has 88 valence electrons. The molecule has 0 atom stereocenters. The van der Waals surface area contributed by atoms with Crippen LogP contribution < -0.4 is 10.9 Å². The first-order valence-electron chi connectivity index (χ1n) is 5.31. The van der Waals surface area contributed by atoms with Crippen LogP contribution in [0, 0.1) is 0 Å². The van der Waals surface area contributed by atoms with E-state index < -0.39 is 0 Å². The van der Waals surface area contributed by atoms with E-state index >= 15 is 0 Å². The zero-order valence-corrected chi connectivity index (χ0v) is 9.19. The lowest BCUT2D eigenvalue weighted by Crippen LogP contribution is -2.24. The Morgan fingerprint density at radius 2 is 1.94 bits per heavy atom. The van der Waals surface area contributed by atoms with Crippen LogP contribution in [0.15, 0.2) is 41.2 Å². The molecule has 5 nitrogen and oxygen atoms in total. The minimum absolute atomic E-state index is 0.0711. The number of amides is 1. The van der Waals surface area contributed by atoms with Gasteiger partial charge in [0.15, 0.2) is 0 Å². The molecule has 17 heavy (non-hydrogen) atoms. The number of H-pyrrole nitrogens is 2. The van der Waals surface area contributed by atoms with Crippen molar-refractivity contribution in [2.75, 3.05) is 0 Å². The number of nitrogens with one attached hydrogen (secondary N) is 3. The van der Waals surface area contributed by atoms with E-state index in [-0.39, 0.29) is 11.5 Å². The van der Waals surface area contributed by atoms with Gasteiger partial charge in [-0.3, -0.25) is 14.7 Å². The second kappa shape index (κ2) is 5.16. The summed E-state index contributed by atoms with van der Waals surface area (Å²) < 4.78 is 0. The highest BCUT2D eigenvalue weighted by Gasteiger charge is 2.03. The van der Waals surface area contributed by atoms with Crippen LogP contribution in [0.25, 0.3) is 0 Å². The van der Waals surface area contributed by atoms with Crippen molar-refractivity contribution in [1.29, 1.82) is 0 Å². The predicted octanol–water partition coefficient (Wildman–Crippen LogP) is 0.562. The second-order valence-electron chi connectivity index (χ2n) is 3.72. The van der Waals surface area contributed by atoms with Gasteiger partial charge in [0.25, 0.3) is 5.56 Å². The number of carbonyl (C=O) groups is 1. The number of rotatable bonds is 4. The van der Waals surface area contributed by atoms with Crippen molar-refractivity contribution in [2.24, 2.45) is 0 Å². The monoisotopic (exact) mass is 231 g/mol. The van der Waals surface area contributed by atoms with Crippen molar-refractivity contribution in [2.45, 2.75) is 13.0 Å². The van der Waals surface area contributed by atoms with Gasteiger partial charge in [0.1, 0.15) is 0 Å². The molecule has 0 spiro atoms. The van der Waals surface area contributed by atoms with Gasteiger partial charge in [-0.1, -0.05) is 30.3 Å². The number of benzene rings is 1. The normalized spacial score (nSPS) is 10.1. The van der Waals surface area contributed by atoms with Crippen LogP contribution in [0.2, 0.25) is 0 Å². The molecule has 0 fully saturated rings. The van der Waals surface area contributed by atoms with Gasteiger partial charge in [0, 0.05) is 6.07 Å². The van der Waals surface area contributed by atoms with E-state index in [9.17, 15) is 9.59 Å². The smallest absolute Gasteiger partial charge is 0.264 e. The van der Waals surface area contributed by atoms with E-state index in [2.05, 4.69) is 15.5 Å². The third kappa shape index (κ3) is 3.34. The molecule has 0 aliphatic carbocycles. The highest BCUT2D eigenvalue weighted by atomic mass is 16.1. The highest BCUT2D eigenvalue weighted by molar-refractivity contribution is 5.78. The van der Waals surface area contributed by atoms with Crippen LogP contribution in [0.3, 0.4) is 0 Å². The van der Waals surface area contributed by atoms with Crippen LogP contribution in [0.1, 0.15) is 11.3 Å². The SMILES string of the molecule is O=C(Cc1ccccc1)NCc1cc(=O)[nH][nH]1. The second-order valence-corrected chi connectivity index (χ2v) is 3.72. The fraction of sp³-hybridized carbons (Fsp3) is 0.167. The zero-order chi connectivity index (χ0) is 12.1. The quantitative estimate of drug-likeness (QED) is 0.719. The third-order valence-corrected chi connectivity index (χ3v) is 2.34. The fourth-order valence-electron chi connectivity index (χ4n) is 1.51. The van der Waals surface area contributed by atoms with Crippen molar-refractivity contribution in [1.82, 2.24) is 15.5 Å². The Labute approximate surface area is 97.9 Å². The Morgan fingerprint density at radius 3 is 2.59 bits per heavy atom. The maximum atomic E-state index is 11.6. The summed E-state index contributed by atoms with van der Waals surface area (Å²) in [5.41, 5.74) is 1.43. The number of aromatic nitrogens is 2. The summed E-state index contributed by atoms with van der Waals surface area (Å²) in [5, 5.41) is 7.81. The largest absolute Gasteiger partial charge is 0.350 e. The fourth-order valence-corrected chi connectivity index (χ4v) is 1.51. The molecule has 0 saturated carbocycles. The first-order valence-corrected chi connectivity index (χ1v) is 5.31. The minimum atomic E-state index is -0.197. The summed E-state index contributed by atoms with van der Waals surface area (Å²) >= 11 is 0. The van der Waals surface area contributed by atoms with Crippen molar-refractivity contribution in [3.8, 4) is 0 Å². The minimum Gasteiger partial charge on any atom is -0.350 e. The maximum absolute atomic E-state index is 11.6. The summed E-state index contributed by atoms with van der Waals surface area (Å²) in [6, 6.07) is 10.9. The first kappa shape index (κ1) is 11.2. The molecule has 0 bridgehead atoms. The molecule has 0 radical (unpaired) electrons. The lowest BCUT2D eigenvalue weighted by molar-refractivity contribution is -0.120. The molecule has 1 heterocycles. The van der Waals surface area contributed by atoms with Gasteiger partial charge in [-0.15, -0.1) is 0 Å². The Kier molecular flexibility index (Phi) is 3.40. The predicted molar refractivity (Wildman–Crippen MR) is 63.4 cm³/mol. The van der Waals surface area contributed by atoms with Gasteiger partial charge in [0.2, 0.25) is 5.91 Å². The lowest BCUT2D eigenvalue weighted by atomic mass is 10.1. The van der Waals surface area contributed by atoms with Crippen LogP contribution in [-0.2, 0) is 17.8 Å². The summed E-state index contributed by atoms with van der Waals surface area (Å²) in [6.07, 6.45) is 0.343. The molecule has 0 aliphatic rings. The molecule has 1 aromatic heterocycles. The van der Waals surface area contributed by atoms with Crippen molar-refractivity contribution >= 4 is 5.91 Å². The topological polar surface area (TPSA) is 77.8 Å². The Balaban J connectivity index is 1.84. The average Bonchev–Trinajstić information content (AvgIpc) is 2.74. The van der Waals surface area contributed by atoms with E-state index in [1.54, 1.807) is 0 Å². The van der Waals surface area contributed by atoms with Gasteiger partial charge in [0.05, 0.1) is 18.7 Å². The third-order valence-electron chi connectivity index (χ3n) is 2.34.